The van der Waals surface area contributed by atoms with E-state index in [0.717, 1.165) is 5.56 Å². The average molecular weight is 450 g/mol. The molecular formula is C18H14BrF2N5O2. The first-order valence-electron chi connectivity index (χ1n) is 8.00. The van der Waals surface area contributed by atoms with Crippen molar-refractivity contribution in [1.82, 2.24) is 20.4 Å². The molecule has 0 spiro atoms. The van der Waals surface area contributed by atoms with E-state index in [1.54, 1.807) is 18.3 Å². The predicted molar refractivity (Wildman–Crippen MR) is 102 cm³/mol. The molecule has 2 heterocycles. The Bertz CT molecular complexity index is 919. The van der Waals surface area contributed by atoms with Gasteiger partial charge >= 0.3 is 10.7 Å². The number of pyridine rings is 1. The van der Waals surface area contributed by atoms with Crippen molar-refractivity contribution in [3.8, 4) is 17.1 Å². The van der Waals surface area contributed by atoms with E-state index in [1.165, 1.54) is 12.4 Å². The lowest BCUT2D eigenvalue weighted by Crippen LogP contribution is -2.39. The lowest BCUT2D eigenvalue weighted by atomic mass is 10.2. The van der Waals surface area contributed by atoms with Crippen LogP contribution in [-0.2, 0) is 11.4 Å². The molecule has 0 aliphatic carbocycles. The Labute approximate surface area is 167 Å². The summed E-state index contributed by atoms with van der Waals surface area (Å²) in [4.78, 5) is 19.8. The summed E-state index contributed by atoms with van der Waals surface area (Å²) in [6, 6.07) is 13.2. The van der Waals surface area contributed by atoms with Gasteiger partial charge in [0, 0.05) is 33.8 Å². The number of halogens is 3. The molecule has 0 unspecified atom stereocenters. The van der Waals surface area contributed by atoms with E-state index in [1.807, 2.05) is 51.7 Å². The number of hydrazine groups is 1. The molecular weight excluding hydrogens is 436 g/mol. The highest BCUT2D eigenvalue weighted by atomic mass is 79.9. The van der Waals surface area contributed by atoms with Crippen molar-refractivity contribution in [3.05, 3.63) is 66.6 Å². The van der Waals surface area contributed by atoms with E-state index in [0.29, 0.717) is 23.7 Å². The second-order valence-electron chi connectivity index (χ2n) is 5.52. The quantitative estimate of drug-likeness (QED) is 0.423. The van der Waals surface area contributed by atoms with Gasteiger partial charge in [0.1, 0.15) is 6.61 Å². The molecule has 0 atom stereocenters. The molecule has 0 radical (unpaired) electrons. The number of benzene rings is 1. The minimum Gasteiger partial charge on any atom is -0.473 e. The minimum absolute atomic E-state index is 0.102. The van der Waals surface area contributed by atoms with Gasteiger partial charge in [-0.3, -0.25) is 20.6 Å². The van der Waals surface area contributed by atoms with E-state index in [9.17, 15) is 13.6 Å². The summed E-state index contributed by atoms with van der Waals surface area (Å²) in [6.45, 7) is 0.409. The third kappa shape index (κ3) is 5.43. The molecule has 1 amide bonds. The van der Waals surface area contributed by atoms with Gasteiger partial charge in [-0.05, 0) is 11.6 Å². The minimum atomic E-state index is -3.68. The molecule has 0 bridgehead atoms. The molecule has 3 aromatic rings. The summed E-state index contributed by atoms with van der Waals surface area (Å²) in [5.74, 6) is -0.976. The number of aromatic nitrogens is 3. The molecule has 0 saturated heterocycles. The molecule has 7 nitrogen and oxygen atoms in total. The highest BCUT2D eigenvalue weighted by Gasteiger charge is 2.34. The first kappa shape index (κ1) is 19.6. The summed E-state index contributed by atoms with van der Waals surface area (Å²) >= 11 is 1.95. The van der Waals surface area contributed by atoms with Crippen LogP contribution in [0.25, 0.3) is 11.3 Å². The van der Waals surface area contributed by atoms with Crippen LogP contribution in [0, 0.1) is 0 Å². The van der Waals surface area contributed by atoms with Gasteiger partial charge in [0.2, 0.25) is 5.88 Å². The Morgan fingerprint density at radius 2 is 1.82 bits per heavy atom. The molecule has 0 fully saturated rings. The fourth-order valence-corrected chi connectivity index (χ4v) is 2.18. The summed E-state index contributed by atoms with van der Waals surface area (Å²) < 4.78 is 31.0. The van der Waals surface area contributed by atoms with Gasteiger partial charge in [-0.15, -0.1) is 0 Å². The lowest BCUT2D eigenvalue weighted by molar-refractivity contribution is -0.133. The predicted octanol–water partition coefficient (Wildman–Crippen LogP) is 3.55. The van der Waals surface area contributed by atoms with E-state index in [4.69, 9.17) is 4.74 Å². The lowest BCUT2D eigenvalue weighted by Gasteiger charge is -2.11. The van der Waals surface area contributed by atoms with Crippen LogP contribution >= 0.6 is 15.9 Å². The number of nitrogens with one attached hydrogen (secondary N) is 2. The molecule has 144 valence electrons. The van der Waals surface area contributed by atoms with Crippen molar-refractivity contribution in [2.75, 3.05) is 5.43 Å². The number of amides is 1. The summed E-state index contributed by atoms with van der Waals surface area (Å²) in [6.07, 6.45) is 4.30. The van der Waals surface area contributed by atoms with Crippen LogP contribution in [0.2, 0.25) is 0 Å². The van der Waals surface area contributed by atoms with Gasteiger partial charge in [-0.1, -0.05) is 30.3 Å². The van der Waals surface area contributed by atoms with Gasteiger partial charge in [-0.25, -0.2) is 9.97 Å². The van der Waals surface area contributed by atoms with E-state index < -0.39 is 10.7 Å². The number of ether oxygens (including phenoxy) is 1. The van der Waals surface area contributed by atoms with Crippen LogP contribution in [0.4, 0.5) is 14.6 Å². The molecule has 0 saturated carbocycles. The molecule has 0 aliphatic rings. The smallest absolute Gasteiger partial charge is 0.379 e. The SMILES string of the molecule is O=C(NNc1cnc(-c2ccc(OCc3ccccc3)nc2)cn1)C(F)(F)Br. The van der Waals surface area contributed by atoms with Crippen molar-refractivity contribution in [2.24, 2.45) is 0 Å². The van der Waals surface area contributed by atoms with Gasteiger partial charge in [0.15, 0.2) is 5.82 Å². The Hall–Kier alpha value is -3.14. The standard InChI is InChI=1S/C18H14BrF2N5O2/c19-18(20,21)17(27)26-25-15-10-22-14(9-23-15)13-6-7-16(24-8-13)28-11-12-4-2-1-3-5-12/h1-10H,11H2,(H,23,25)(H,26,27). The highest BCUT2D eigenvalue weighted by Crippen LogP contribution is 2.21. The van der Waals surface area contributed by atoms with Gasteiger partial charge in [0.05, 0.1) is 18.1 Å². The van der Waals surface area contributed by atoms with Crippen LogP contribution in [0.1, 0.15) is 5.56 Å². The van der Waals surface area contributed by atoms with Crippen molar-refractivity contribution < 1.29 is 18.3 Å². The molecule has 1 aromatic carbocycles. The normalized spacial score (nSPS) is 11.0. The van der Waals surface area contributed by atoms with Crippen molar-refractivity contribution in [2.45, 2.75) is 11.4 Å². The van der Waals surface area contributed by atoms with Crippen LogP contribution in [0.3, 0.4) is 0 Å². The molecule has 28 heavy (non-hydrogen) atoms. The Morgan fingerprint density at radius 3 is 2.43 bits per heavy atom. The number of hydrogen-bond donors (Lipinski definition) is 2. The van der Waals surface area contributed by atoms with Gasteiger partial charge in [-0.2, -0.15) is 8.78 Å². The van der Waals surface area contributed by atoms with Crippen molar-refractivity contribution >= 4 is 27.7 Å². The van der Waals surface area contributed by atoms with Crippen LogP contribution in [0.5, 0.6) is 5.88 Å². The molecule has 2 N–H and O–H groups in total. The van der Waals surface area contributed by atoms with Crippen molar-refractivity contribution in [3.63, 3.8) is 0 Å². The van der Waals surface area contributed by atoms with Crippen LogP contribution in [0.15, 0.2) is 61.1 Å². The Balaban J connectivity index is 1.57. The third-order valence-electron chi connectivity index (χ3n) is 3.48. The number of rotatable bonds is 7. The Morgan fingerprint density at radius 1 is 1.04 bits per heavy atom. The summed E-state index contributed by atoms with van der Waals surface area (Å²) in [7, 11) is 0. The number of anilines is 1. The monoisotopic (exact) mass is 449 g/mol. The number of hydrogen-bond acceptors (Lipinski definition) is 6. The summed E-state index contributed by atoms with van der Waals surface area (Å²) in [5, 5.41) is 0. The van der Waals surface area contributed by atoms with E-state index in [2.05, 4.69) is 20.4 Å². The maximum Gasteiger partial charge on any atom is 0.379 e. The molecule has 2 aromatic heterocycles. The number of alkyl halides is 3. The zero-order chi connectivity index (χ0) is 20.0. The fourth-order valence-electron chi connectivity index (χ4n) is 2.08. The van der Waals surface area contributed by atoms with E-state index >= 15 is 0 Å². The largest absolute Gasteiger partial charge is 0.473 e. The molecule has 0 aliphatic heterocycles. The Kier molecular flexibility index (Phi) is 6.09. The van der Waals surface area contributed by atoms with E-state index in [-0.39, 0.29) is 5.82 Å². The maximum absolute atomic E-state index is 12.7. The van der Waals surface area contributed by atoms with Crippen molar-refractivity contribution in [1.29, 1.82) is 0 Å². The van der Waals surface area contributed by atoms with Crippen LogP contribution in [-0.4, -0.2) is 25.7 Å². The highest BCUT2D eigenvalue weighted by molar-refractivity contribution is 9.10. The number of carbonyl (C=O) groups excluding carboxylic acids is 1. The fraction of sp³-hybridized carbons (Fsp3) is 0.111. The number of nitrogens with zero attached hydrogens (tertiary/aromatic N) is 3. The van der Waals surface area contributed by atoms with Gasteiger partial charge in [0.25, 0.3) is 0 Å². The van der Waals surface area contributed by atoms with Crippen LogP contribution < -0.4 is 15.6 Å². The summed E-state index contributed by atoms with van der Waals surface area (Å²) in [5.41, 5.74) is 6.32. The maximum atomic E-state index is 12.7. The first-order valence-corrected chi connectivity index (χ1v) is 8.79. The molecule has 10 heteroatoms. The second kappa shape index (κ2) is 8.70. The first-order chi connectivity index (χ1) is 13.4. The number of carbonyl (C=O) groups is 1. The second-order valence-corrected chi connectivity index (χ2v) is 6.52. The third-order valence-corrected chi connectivity index (χ3v) is 3.84. The average Bonchev–Trinajstić information content (AvgIpc) is 2.71. The molecule has 3 rings (SSSR count). The zero-order valence-corrected chi connectivity index (χ0v) is 15.9. The van der Waals surface area contributed by atoms with Gasteiger partial charge < -0.3 is 4.74 Å². The zero-order valence-electron chi connectivity index (χ0n) is 14.3. The topological polar surface area (TPSA) is 89.0 Å².